The number of alkyl halides is 6. The molecule has 0 aliphatic carbocycles. The molecule has 2 aliphatic heterocycles. The van der Waals surface area contributed by atoms with Crippen molar-refractivity contribution in [2.24, 2.45) is 0 Å². The molecule has 0 aromatic heterocycles. The van der Waals surface area contributed by atoms with Gasteiger partial charge >= 0.3 is 12.4 Å². The lowest BCUT2D eigenvalue weighted by molar-refractivity contribution is -0.144. The van der Waals surface area contributed by atoms with E-state index >= 15 is 0 Å². The van der Waals surface area contributed by atoms with Gasteiger partial charge in [0, 0.05) is 32.6 Å². The predicted octanol–water partition coefficient (Wildman–Crippen LogP) is 6.02. The number of amides is 1. The number of benzene rings is 2. The highest BCUT2D eigenvalue weighted by atomic mass is 19.4. The fraction of sp³-hybridized carbons (Fsp3) is 0.500. The Morgan fingerprint density at radius 3 is 2.19 bits per heavy atom. The zero-order chi connectivity index (χ0) is 26.3. The summed E-state index contributed by atoms with van der Waals surface area (Å²) >= 11 is 0. The van der Waals surface area contributed by atoms with Crippen molar-refractivity contribution in [3.05, 3.63) is 70.8 Å². The molecular weight excluding hydrogens is 486 g/mol. The standard InChI is InChI=1S/C26H28F6N2O2/c1-17(19-12-21(25(27,28)29)14-22(13-19)26(30,31)32)36-16-24(20-6-4-3-5-7-20)9-8-23-15-33(24)10-11-34(23)18(2)35/h3-7,12-14,17,23H,8-11,15-16H2,1-2H3/t17-,23?,24-/m1/s1. The molecule has 196 valence electrons. The van der Waals surface area contributed by atoms with E-state index in [2.05, 4.69) is 4.90 Å². The summed E-state index contributed by atoms with van der Waals surface area (Å²) in [6.07, 6.45) is -9.50. The molecule has 4 atom stereocenters. The molecule has 2 aromatic carbocycles. The molecule has 0 radical (unpaired) electrons. The van der Waals surface area contributed by atoms with Crippen molar-refractivity contribution in [2.45, 2.75) is 56.7 Å². The Morgan fingerprint density at radius 1 is 1.03 bits per heavy atom. The third-order valence-corrected chi connectivity index (χ3v) is 7.35. The van der Waals surface area contributed by atoms with Gasteiger partial charge in [0.15, 0.2) is 0 Å². The van der Waals surface area contributed by atoms with Crippen LogP contribution in [0.4, 0.5) is 26.3 Å². The van der Waals surface area contributed by atoms with Crippen molar-refractivity contribution in [3.63, 3.8) is 0 Å². The summed E-state index contributed by atoms with van der Waals surface area (Å²) in [5, 5.41) is 0. The number of nitrogens with zero attached hydrogens (tertiary/aromatic N) is 2. The van der Waals surface area contributed by atoms with Crippen molar-refractivity contribution < 1.29 is 35.9 Å². The van der Waals surface area contributed by atoms with Gasteiger partial charge in [0.2, 0.25) is 5.91 Å². The molecule has 4 nitrogen and oxygen atoms in total. The summed E-state index contributed by atoms with van der Waals surface area (Å²) in [7, 11) is 0. The summed E-state index contributed by atoms with van der Waals surface area (Å²) < 4.78 is 86.1. The minimum atomic E-state index is -4.92. The summed E-state index contributed by atoms with van der Waals surface area (Å²) in [6, 6.07) is 11.2. The first kappa shape index (κ1) is 26.5. The SMILES string of the molecule is CC(=O)N1CCN2CC1CC[C@@]2(CO[C@H](C)c1cc(C(F)(F)F)cc(C(F)(F)F)c1)c1ccccc1. The van der Waals surface area contributed by atoms with Crippen LogP contribution < -0.4 is 0 Å². The van der Waals surface area contributed by atoms with Gasteiger partial charge in [-0.3, -0.25) is 9.69 Å². The minimum Gasteiger partial charge on any atom is -0.372 e. The number of piperazine rings is 1. The molecule has 2 aliphatic rings. The number of carbonyl (C=O) groups is 1. The Labute approximate surface area is 205 Å². The molecule has 2 fully saturated rings. The minimum absolute atomic E-state index is 0.0155. The van der Waals surface area contributed by atoms with E-state index in [9.17, 15) is 31.1 Å². The predicted molar refractivity (Wildman–Crippen MR) is 121 cm³/mol. The van der Waals surface area contributed by atoms with E-state index in [0.717, 1.165) is 17.7 Å². The molecule has 10 heteroatoms. The lowest BCUT2D eigenvalue weighted by Gasteiger charge is -2.55. The lowest BCUT2D eigenvalue weighted by Crippen LogP contribution is -2.65. The van der Waals surface area contributed by atoms with Crippen LogP contribution in [0, 0.1) is 0 Å². The molecule has 2 unspecified atom stereocenters. The molecule has 2 bridgehead atoms. The first-order valence-corrected chi connectivity index (χ1v) is 11.8. The molecule has 1 amide bonds. The molecule has 2 heterocycles. The number of carbonyl (C=O) groups excluding carboxylic acids is 1. The van der Waals surface area contributed by atoms with Gasteiger partial charge in [0.25, 0.3) is 0 Å². The monoisotopic (exact) mass is 514 g/mol. The maximum absolute atomic E-state index is 13.3. The molecule has 0 N–H and O–H groups in total. The van der Waals surface area contributed by atoms with Gasteiger partial charge in [0.1, 0.15) is 0 Å². The first-order valence-electron chi connectivity index (χ1n) is 11.8. The van der Waals surface area contributed by atoms with Crippen molar-refractivity contribution in [3.8, 4) is 0 Å². The van der Waals surface area contributed by atoms with Crippen molar-refractivity contribution >= 4 is 5.91 Å². The average Bonchev–Trinajstić information content (AvgIpc) is 2.83. The normalized spacial score (nSPS) is 25.5. The smallest absolute Gasteiger partial charge is 0.372 e. The number of hydrogen-bond acceptors (Lipinski definition) is 3. The number of piperidine rings is 1. The number of halogens is 6. The summed E-state index contributed by atoms with van der Waals surface area (Å²) in [6.45, 7) is 4.85. The highest BCUT2D eigenvalue weighted by Crippen LogP contribution is 2.43. The van der Waals surface area contributed by atoms with Crippen LogP contribution in [-0.2, 0) is 27.4 Å². The Kier molecular flexibility index (Phi) is 7.13. The second kappa shape index (κ2) is 9.70. The Hall–Kier alpha value is -2.59. The summed E-state index contributed by atoms with van der Waals surface area (Å²) in [4.78, 5) is 16.1. The van der Waals surface area contributed by atoms with Crippen LogP contribution in [0.1, 0.15) is 55.0 Å². The van der Waals surface area contributed by atoms with Gasteiger partial charge in [-0.15, -0.1) is 0 Å². The Balaban J connectivity index is 1.62. The van der Waals surface area contributed by atoms with Crippen molar-refractivity contribution in [1.82, 2.24) is 9.80 Å². The number of fused-ring (bicyclic) bond motifs is 2. The van der Waals surface area contributed by atoms with Crippen LogP contribution in [0.25, 0.3) is 0 Å². The van der Waals surface area contributed by atoms with E-state index in [1.807, 2.05) is 35.2 Å². The van der Waals surface area contributed by atoms with Gasteiger partial charge in [-0.1, -0.05) is 30.3 Å². The van der Waals surface area contributed by atoms with E-state index in [0.29, 0.717) is 32.5 Å². The lowest BCUT2D eigenvalue weighted by atomic mass is 9.78. The van der Waals surface area contributed by atoms with Gasteiger partial charge in [-0.2, -0.15) is 26.3 Å². The molecule has 2 aromatic rings. The van der Waals surface area contributed by atoms with Crippen LogP contribution in [0.15, 0.2) is 48.5 Å². The summed E-state index contributed by atoms with van der Waals surface area (Å²) in [5.74, 6) is 0.0155. The van der Waals surface area contributed by atoms with Crippen LogP contribution in [0.3, 0.4) is 0 Å². The second-order valence-corrected chi connectivity index (χ2v) is 9.54. The average molecular weight is 515 g/mol. The highest BCUT2D eigenvalue weighted by Gasteiger charge is 2.47. The Morgan fingerprint density at radius 2 is 1.64 bits per heavy atom. The first-order chi connectivity index (χ1) is 16.8. The topological polar surface area (TPSA) is 32.8 Å². The van der Waals surface area contributed by atoms with Gasteiger partial charge in [-0.05, 0) is 49.1 Å². The maximum Gasteiger partial charge on any atom is 0.416 e. The largest absolute Gasteiger partial charge is 0.416 e. The molecule has 4 rings (SSSR count). The Bertz CT molecular complexity index is 1060. The fourth-order valence-corrected chi connectivity index (χ4v) is 5.36. The molecule has 0 saturated carbocycles. The van der Waals surface area contributed by atoms with Crippen LogP contribution >= 0.6 is 0 Å². The maximum atomic E-state index is 13.3. The van der Waals surface area contributed by atoms with Gasteiger partial charge < -0.3 is 9.64 Å². The van der Waals surface area contributed by atoms with Crippen LogP contribution in [0.5, 0.6) is 0 Å². The zero-order valence-electron chi connectivity index (χ0n) is 20.0. The molecule has 0 spiro atoms. The molecule has 36 heavy (non-hydrogen) atoms. The third-order valence-electron chi connectivity index (χ3n) is 7.35. The van der Waals surface area contributed by atoms with Gasteiger partial charge in [0.05, 0.1) is 29.4 Å². The van der Waals surface area contributed by atoms with E-state index in [-0.39, 0.29) is 30.2 Å². The van der Waals surface area contributed by atoms with Crippen LogP contribution in [-0.4, -0.2) is 48.0 Å². The fourth-order valence-electron chi connectivity index (χ4n) is 5.36. The zero-order valence-corrected chi connectivity index (χ0v) is 20.0. The quantitative estimate of drug-likeness (QED) is 0.458. The van der Waals surface area contributed by atoms with Crippen molar-refractivity contribution in [2.75, 3.05) is 26.2 Å². The van der Waals surface area contributed by atoms with Crippen molar-refractivity contribution in [1.29, 1.82) is 0 Å². The summed E-state index contributed by atoms with van der Waals surface area (Å²) in [5.41, 5.74) is -2.55. The van der Waals surface area contributed by atoms with Gasteiger partial charge in [-0.25, -0.2) is 0 Å². The number of hydrogen-bond donors (Lipinski definition) is 0. The van der Waals surface area contributed by atoms with E-state index < -0.39 is 35.1 Å². The number of ether oxygens (including phenoxy) is 1. The number of rotatable bonds is 5. The van der Waals surface area contributed by atoms with Crippen LogP contribution in [0.2, 0.25) is 0 Å². The second-order valence-electron chi connectivity index (χ2n) is 9.54. The van der Waals surface area contributed by atoms with E-state index in [1.54, 1.807) is 6.92 Å². The third kappa shape index (κ3) is 5.25. The van der Waals surface area contributed by atoms with E-state index in [4.69, 9.17) is 4.74 Å². The highest BCUT2D eigenvalue weighted by molar-refractivity contribution is 5.73. The molecule has 2 saturated heterocycles. The molecular formula is C26H28F6N2O2. The van der Waals surface area contributed by atoms with E-state index in [1.165, 1.54) is 6.92 Å².